The second-order valence-electron chi connectivity index (χ2n) is 7.90. The number of amides is 2. The summed E-state index contributed by atoms with van der Waals surface area (Å²) in [6, 6.07) is 9.35. The largest absolute Gasteiger partial charge is 0.351 e. The van der Waals surface area contributed by atoms with Crippen LogP contribution in [0.15, 0.2) is 43.0 Å². The van der Waals surface area contributed by atoms with Gasteiger partial charge in [0.25, 0.3) is 0 Å². The highest BCUT2D eigenvalue weighted by molar-refractivity contribution is 5.92. The molecule has 3 unspecified atom stereocenters. The number of hydrogen-bond acceptors (Lipinski definition) is 2. The lowest BCUT2D eigenvalue weighted by atomic mass is 9.74. The van der Waals surface area contributed by atoms with E-state index in [0.717, 1.165) is 18.4 Å². The minimum Gasteiger partial charge on any atom is -0.351 e. The molecular weight excluding hydrogens is 324 g/mol. The van der Waals surface area contributed by atoms with Crippen molar-refractivity contribution < 1.29 is 9.59 Å². The molecule has 4 heteroatoms. The van der Waals surface area contributed by atoms with Crippen LogP contribution in [0.25, 0.3) is 0 Å². The molecule has 2 rings (SSSR count). The summed E-state index contributed by atoms with van der Waals surface area (Å²) in [5.41, 5.74) is 1.02. The maximum absolute atomic E-state index is 13.0. The Morgan fingerprint density at radius 1 is 1.23 bits per heavy atom. The molecular formula is C22H32N2O2. The van der Waals surface area contributed by atoms with Crippen LogP contribution in [0, 0.1) is 17.8 Å². The van der Waals surface area contributed by atoms with Crippen LogP contribution in [0.5, 0.6) is 0 Å². The molecule has 0 aromatic heterocycles. The second-order valence-corrected chi connectivity index (χ2v) is 7.90. The van der Waals surface area contributed by atoms with Crippen molar-refractivity contribution in [2.45, 2.75) is 58.5 Å². The van der Waals surface area contributed by atoms with Gasteiger partial charge in [-0.05, 0) is 42.2 Å². The number of rotatable bonds is 7. The number of benzene rings is 1. The first-order chi connectivity index (χ1) is 12.4. The molecule has 0 heterocycles. The molecule has 4 atom stereocenters. The summed E-state index contributed by atoms with van der Waals surface area (Å²) in [6.07, 6.45) is 5.05. The number of carbonyl (C=O) groups excluding carboxylic acids is 2. The molecule has 0 aliphatic heterocycles. The van der Waals surface area contributed by atoms with Gasteiger partial charge in [0.05, 0.1) is 0 Å². The Hall–Kier alpha value is -2.10. The van der Waals surface area contributed by atoms with Crippen LogP contribution in [0.1, 0.15) is 45.6 Å². The molecule has 1 aromatic carbocycles. The highest BCUT2D eigenvalue weighted by atomic mass is 16.2. The van der Waals surface area contributed by atoms with Crippen molar-refractivity contribution in [3.8, 4) is 0 Å². The second kappa shape index (κ2) is 9.56. The lowest BCUT2D eigenvalue weighted by Gasteiger charge is -2.38. The monoisotopic (exact) mass is 356 g/mol. The van der Waals surface area contributed by atoms with E-state index in [1.54, 1.807) is 0 Å². The molecule has 142 valence electrons. The Morgan fingerprint density at radius 3 is 2.54 bits per heavy atom. The molecule has 1 aliphatic rings. The van der Waals surface area contributed by atoms with E-state index in [4.69, 9.17) is 0 Å². The van der Waals surface area contributed by atoms with Crippen molar-refractivity contribution in [1.29, 1.82) is 0 Å². The van der Waals surface area contributed by atoms with E-state index >= 15 is 0 Å². The van der Waals surface area contributed by atoms with Crippen molar-refractivity contribution in [2.75, 3.05) is 0 Å². The van der Waals surface area contributed by atoms with Crippen LogP contribution in [-0.2, 0) is 16.0 Å². The van der Waals surface area contributed by atoms with Gasteiger partial charge < -0.3 is 10.6 Å². The van der Waals surface area contributed by atoms with E-state index in [0.29, 0.717) is 24.2 Å². The fourth-order valence-electron chi connectivity index (χ4n) is 3.94. The summed E-state index contributed by atoms with van der Waals surface area (Å²) < 4.78 is 0. The van der Waals surface area contributed by atoms with Crippen molar-refractivity contribution in [2.24, 2.45) is 17.8 Å². The van der Waals surface area contributed by atoms with Crippen molar-refractivity contribution in [1.82, 2.24) is 10.6 Å². The molecule has 0 radical (unpaired) electrons. The summed E-state index contributed by atoms with van der Waals surface area (Å²) >= 11 is 0. The zero-order chi connectivity index (χ0) is 19.1. The summed E-state index contributed by atoms with van der Waals surface area (Å²) in [5, 5.41) is 6.03. The Labute approximate surface area is 157 Å². The Morgan fingerprint density at radius 2 is 1.92 bits per heavy atom. The van der Waals surface area contributed by atoms with E-state index in [-0.39, 0.29) is 17.9 Å². The Balaban J connectivity index is 2.11. The van der Waals surface area contributed by atoms with Gasteiger partial charge in [-0.25, -0.2) is 0 Å². The minimum absolute atomic E-state index is 0.103. The average Bonchev–Trinajstić information content (AvgIpc) is 2.61. The quantitative estimate of drug-likeness (QED) is 0.735. The van der Waals surface area contributed by atoms with Crippen LogP contribution in [0.3, 0.4) is 0 Å². The summed E-state index contributed by atoms with van der Waals surface area (Å²) in [7, 11) is 0. The SMILES string of the molecule is C=CC(=O)N[C@@H](Cc1ccccc1)C(=O)NC1CC(C)CCC1C(C)C. The molecule has 4 nitrogen and oxygen atoms in total. The van der Waals surface area contributed by atoms with Crippen LogP contribution in [-0.4, -0.2) is 23.9 Å². The van der Waals surface area contributed by atoms with E-state index < -0.39 is 6.04 Å². The van der Waals surface area contributed by atoms with Gasteiger partial charge in [-0.1, -0.05) is 64.1 Å². The molecule has 0 bridgehead atoms. The van der Waals surface area contributed by atoms with Gasteiger partial charge in [0, 0.05) is 12.5 Å². The van der Waals surface area contributed by atoms with Gasteiger partial charge in [0.15, 0.2) is 0 Å². The predicted molar refractivity (Wildman–Crippen MR) is 106 cm³/mol. The van der Waals surface area contributed by atoms with Gasteiger partial charge >= 0.3 is 0 Å². The van der Waals surface area contributed by atoms with Crippen LogP contribution in [0.4, 0.5) is 0 Å². The highest BCUT2D eigenvalue weighted by Crippen LogP contribution is 2.33. The standard InChI is InChI=1S/C22H32N2O2/c1-5-21(25)23-20(14-17-9-7-6-8-10-17)22(26)24-19-13-16(4)11-12-18(19)15(2)3/h5-10,15-16,18-20H,1,11-14H2,2-4H3,(H,23,25)(H,24,26)/t16?,18?,19?,20-/m0/s1. The van der Waals surface area contributed by atoms with E-state index in [1.807, 2.05) is 30.3 Å². The molecule has 0 spiro atoms. The van der Waals surface area contributed by atoms with Gasteiger partial charge in [0.2, 0.25) is 11.8 Å². The maximum Gasteiger partial charge on any atom is 0.244 e. The Kier molecular flexibility index (Phi) is 7.43. The smallest absolute Gasteiger partial charge is 0.244 e. The van der Waals surface area contributed by atoms with Gasteiger partial charge in [-0.15, -0.1) is 0 Å². The highest BCUT2D eigenvalue weighted by Gasteiger charge is 2.33. The molecule has 1 fully saturated rings. The third kappa shape index (κ3) is 5.72. The first-order valence-corrected chi connectivity index (χ1v) is 9.68. The molecule has 2 amide bonds. The molecule has 0 saturated heterocycles. The fraction of sp³-hybridized carbons (Fsp3) is 0.545. The maximum atomic E-state index is 13.0. The fourth-order valence-corrected chi connectivity index (χ4v) is 3.94. The molecule has 1 aromatic rings. The van der Waals surface area contributed by atoms with Crippen molar-refractivity contribution in [3.63, 3.8) is 0 Å². The van der Waals surface area contributed by atoms with Crippen LogP contribution >= 0.6 is 0 Å². The third-order valence-corrected chi connectivity index (χ3v) is 5.45. The number of carbonyl (C=O) groups is 2. The molecule has 1 saturated carbocycles. The summed E-state index contributed by atoms with van der Waals surface area (Å²) in [5.74, 6) is 1.21. The average molecular weight is 357 g/mol. The summed E-state index contributed by atoms with van der Waals surface area (Å²) in [4.78, 5) is 24.8. The zero-order valence-corrected chi connectivity index (χ0v) is 16.2. The third-order valence-electron chi connectivity index (χ3n) is 5.45. The van der Waals surface area contributed by atoms with E-state index in [9.17, 15) is 9.59 Å². The van der Waals surface area contributed by atoms with Crippen LogP contribution in [0.2, 0.25) is 0 Å². The van der Waals surface area contributed by atoms with Gasteiger partial charge in [0.1, 0.15) is 6.04 Å². The topological polar surface area (TPSA) is 58.2 Å². The first kappa shape index (κ1) is 20.2. The van der Waals surface area contributed by atoms with E-state index in [1.165, 1.54) is 12.5 Å². The zero-order valence-electron chi connectivity index (χ0n) is 16.2. The molecule has 2 N–H and O–H groups in total. The normalized spacial score (nSPS) is 23.9. The van der Waals surface area contributed by atoms with Crippen molar-refractivity contribution >= 4 is 11.8 Å². The lowest BCUT2D eigenvalue weighted by Crippen LogP contribution is -2.53. The lowest BCUT2D eigenvalue weighted by molar-refractivity contribution is -0.128. The Bertz CT molecular complexity index is 612. The number of hydrogen-bond donors (Lipinski definition) is 2. The van der Waals surface area contributed by atoms with E-state index in [2.05, 4.69) is 38.0 Å². The minimum atomic E-state index is -0.590. The molecule has 26 heavy (non-hydrogen) atoms. The van der Waals surface area contributed by atoms with Crippen LogP contribution < -0.4 is 10.6 Å². The van der Waals surface area contributed by atoms with Crippen molar-refractivity contribution in [3.05, 3.63) is 48.6 Å². The predicted octanol–water partition coefficient (Wildman–Crippen LogP) is 3.48. The summed E-state index contributed by atoms with van der Waals surface area (Å²) in [6.45, 7) is 10.2. The first-order valence-electron chi connectivity index (χ1n) is 9.68. The van der Waals surface area contributed by atoms with Gasteiger partial charge in [-0.2, -0.15) is 0 Å². The molecule has 1 aliphatic carbocycles. The number of nitrogens with one attached hydrogen (secondary N) is 2. The van der Waals surface area contributed by atoms with Gasteiger partial charge in [-0.3, -0.25) is 9.59 Å².